The molecule has 3 heterocycles. The Morgan fingerprint density at radius 2 is 1.97 bits per heavy atom. The van der Waals surface area contributed by atoms with Crippen LogP contribution < -0.4 is 20.3 Å². The summed E-state index contributed by atoms with van der Waals surface area (Å²) in [6, 6.07) is 14.6. The van der Waals surface area contributed by atoms with Crippen molar-refractivity contribution < 1.29 is 14.3 Å². The normalized spacial score (nSPS) is 13.3. The summed E-state index contributed by atoms with van der Waals surface area (Å²) in [5.41, 5.74) is 2.20. The third-order valence-electron chi connectivity index (χ3n) is 5.22. The fourth-order valence-corrected chi connectivity index (χ4v) is 4.71. The van der Waals surface area contributed by atoms with Crippen molar-refractivity contribution in [2.24, 2.45) is 0 Å². The standard InChI is InChI=1S/C23H18ClN3O4S/c1-13(15-4-7-18-19(8-15)31-12-30-18)26-21(28)10-27-11-25-17-9-20(32-22(17)23(27)29)14-2-5-16(24)6-3-14/h2-9,11,13H,10,12H2,1H3,(H,26,28). The van der Waals surface area contributed by atoms with Crippen molar-refractivity contribution in [3.05, 3.63) is 75.8 Å². The van der Waals surface area contributed by atoms with Crippen molar-refractivity contribution >= 4 is 39.1 Å². The van der Waals surface area contributed by atoms with Crippen molar-refractivity contribution in [3.8, 4) is 21.9 Å². The van der Waals surface area contributed by atoms with Crippen LogP contribution in [0.25, 0.3) is 20.7 Å². The summed E-state index contributed by atoms with van der Waals surface area (Å²) in [6.07, 6.45) is 1.41. The Bertz CT molecular complexity index is 1380. The summed E-state index contributed by atoms with van der Waals surface area (Å²) in [7, 11) is 0. The highest BCUT2D eigenvalue weighted by molar-refractivity contribution is 7.22. The largest absolute Gasteiger partial charge is 0.454 e. The first-order valence-electron chi connectivity index (χ1n) is 9.92. The summed E-state index contributed by atoms with van der Waals surface area (Å²) >= 11 is 7.31. The fourth-order valence-electron chi connectivity index (χ4n) is 3.52. The molecule has 32 heavy (non-hydrogen) atoms. The number of benzene rings is 2. The zero-order chi connectivity index (χ0) is 22.2. The van der Waals surface area contributed by atoms with Gasteiger partial charge < -0.3 is 14.8 Å². The first kappa shape index (κ1) is 20.5. The van der Waals surface area contributed by atoms with Gasteiger partial charge in [-0.3, -0.25) is 14.2 Å². The number of rotatable bonds is 5. The van der Waals surface area contributed by atoms with E-state index in [0.717, 1.165) is 16.0 Å². The molecule has 5 rings (SSSR count). The van der Waals surface area contributed by atoms with Crippen LogP contribution in [0.2, 0.25) is 5.02 Å². The van der Waals surface area contributed by atoms with Crippen LogP contribution >= 0.6 is 22.9 Å². The lowest BCUT2D eigenvalue weighted by atomic mass is 10.1. The Morgan fingerprint density at radius 1 is 1.19 bits per heavy atom. The van der Waals surface area contributed by atoms with Crippen LogP contribution in [0.15, 0.2) is 59.7 Å². The monoisotopic (exact) mass is 467 g/mol. The highest BCUT2D eigenvalue weighted by Crippen LogP contribution is 2.34. The molecule has 1 aliphatic rings. The molecule has 9 heteroatoms. The van der Waals surface area contributed by atoms with Crippen molar-refractivity contribution in [1.82, 2.24) is 14.9 Å². The van der Waals surface area contributed by atoms with Crippen molar-refractivity contribution in [2.75, 3.05) is 6.79 Å². The van der Waals surface area contributed by atoms with E-state index >= 15 is 0 Å². The minimum Gasteiger partial charge on any atom is -0.454 e. The molecule has 0 saturated heterocycles. The first-order valence-corrected chi connectivity index (χ1v) is 11.1. The topological polar surface area (TPSA) is 82.5 Å². The van der Waals surface area contributed by atoms with Crippen LogP contribution in [0.3, 0.4) is 0 Å². The van der Waals surface area contributed by atoms with Gasteiger partial charge in [-0.2, -0.15) is 0 Å². The summed E-state index contributed by atoms with van der Waals surface area (Å²) in [4.78, 5) is 30.9. The molecule has 1 unspecified atom stereocenters. The molecule has 0 saturated carbocycles. The number of ether oxygens (including phenoxy) is 2. The number of aromatic nitrogens is 2. The van der Waals surface area contributed by atoms with Crippen LogP contribution in [0.5, 0.6) is 11.5 Å². The predicted octanol–water partition coefficient (Wildman–Crippen LogP) is 4.38. The average molecular weight is 468 g/mol. The van der Waals surface area contributed by atoms with E-state index in [-0.39, 0.29) is 30.8 Å². The second-order valence-electron chi connectivity index (χ2n) is 7.41. The molecule has 0 bridgehead atoms. The molecule has 1 amide bonds. The van der Waals surface area contributed by atoms with Gasteiger partial charge in [-0.25, -0.2) is 4.98 Å². The van der Waals surface area contributed by atoms with E-state index in [0.29, 0.717) is 26.7 Å². The molecule has 0 aliphatic carbocycles. The third-order valence-corrected chi connectivity index (χ3v) is 6.63. The van der Waals surface area contributed by atoms with E-state index in [1.165, 1.54) is 22.2 Å². The van der Waals surface area contributed by atoms with Crippen LogP contribution in [-0.4, -0.2) is 22.3 Å². The molecule has 0 spiro atoms. The van der Waals surface area contributed by atoms with Gasteiger partial charge in [-0.1, -0.05) is 29.8 Å². The number of carbonyl (C=O) groups is 1. The molecular formula is C23H18ClN3O4S. The minimum atomic E-state index is -0.284. The lowest BCUT2D eigenvalue weighted by Crippen LogP contribution is -2.33. The second kappa shape index (κ2) is 8.29. The summed E-state index contributed by atoms with van der Waals surface area (Å²) in [5.74, 6) is 1.06. The molecule has 2 aromatic carbocycles. The fraction of sp³-hybridized carbons (Fsp3) is 0.174. The Hall–Kier alpha value is -3.36. The van der Waals surface area contributed by atoms with Gasteiger partial charge in [0.15, 0.2) is 11.5 Å². The molecule has 4 aromatic rings. The maximum atomic E-state index is 12.9. The number of hydrogen-bond donors (Lipinski definition) is 1. The third kappa shape index (κ3) is 3.94. The molecule has 7 nitrogen and oxygen atoms in total. The number of amides is 1. The summed E-state index contributed by atoms with van der Waals surface area (Å²) < 4.78 is 12.5. The van der Waals surface area contributed by atoms with Crippen LogP contribution in [0.4, 0.5) is 0 Å². The Kier molecular flexibility index (Phi) is 5.32. The Balaban J connectivity index is 1.33. The van der Waals surface area contributed by atoms with Crippen LogP contribution in [-0.2, 0) is 11.3 Å². The zero-order valence-corrected chi connectivity index (χ0v) is 18.6. The van der Waals surface area contributed by atoms with Gasteiger partial charge >= 0.3 is 0 Å². The second-order valence-corrected chi connectivity index (χ2v) is 8.90. The van der Waals surface area contributed by atoms with E-state index in [4.69, 9.17) is 21.1 Å². The SMILES string of the molecule is CC(NC(=O)Cn1cnc2cc(-c3ccc(Cl)cc3)sc2c1=O)c1ccc2c(c1)OCO2. The molecular weight excluding hydrogens is 450 g/mol. The quantitative estimate of drug-likeness (QED) is 0.471. The maximum absolute atomic E-state index is 12.9. The smallest absolute Gasteiger partial charge is 0.271 e. The molecule has 0 fully saturated rings. The van der Waals surface area contributed by atoms with E-state index in [2.05, 4.69) is 10.3 Å². The van der Waals surface area contributed by atoms with Crippen molar-refractivity contribution in [3.63, 3.8) is 0 Å². The number of halogens is 1. The predicted molar refractivity (Wildman–Crippen MR) is 123 cm³/mol. The van der Waals surface area contributed by atoms with Gasteiger partial charge in [0, 0.05) is 9.90 Å². The Labute approximate surface area is 192 Å². The average Bonchev–Trinajstić information content (AvgIpc) is 3.43. The van der Waals surface area contributed by atoms with E-state index in [9.17, 15) is 9.59 Å². The molecule has 1 N–H and O–H groups in total. The van der Waals surface area contributed by atoms with Gasteiger partial charge in [0.1, 0.15) is 11.2 Å². The van der Waals surface area contributed by atoms with E-state index in [1.54, 1.807) is 12.1 Å². The zero-order valence-electron chi connectivity index (χ0n) is 17.0. The number of nitrogens with one attached hydrogen (secondary N) is 1. The molecule has 1 aliphatic heterocycles. The number of hydrogen-bond acceptors (Lipinski definition) is 6. The van der Waals surface area contributed by atoms with Crippen LogP contribution in [0.1, 0.15) is 18.5 Å². The lowest BCUT2D eigenvalue weighted by Gasteiger charge is -2.15. The maximum Gasteiger partial charge on any atom is 0.271 e. The van der Waals surface area contributed by atoms with Gasteiger partial charge in [-0.15, -0.1) is 11.3 Å². The summed E-state index contributed by atoms with van der Waals surface area (Å²) in [6.45, 7) is 1.95. The van der Waals surface area contributed by atoms with Crippen LogP contribution in [0, 0.1) is 0 Å². The highest BCUT2D eigenvalue weighted by Gasteiger charge is 2.18. The first-order chi connectivity index (χ1) is 15.5. The van der Waals surface area contributed by atoms with Gasteiger partial charge in [0.2, 0.25) is 12.7 Å². The number of carbonyl (C=O) groups excluding carboxylic acids is 1. The van der Waals surface area contributed by atoms with E-state index in [1.807, 2.05) is 43.3 Å². The van der Waals surface area contributed by atoms with E-state index < -0.39 is 0 Å². The molecule has 2 aromatic heterocycles. The van der Waals surface area contributed by atoms with Crippen molar-refractivity contribution in [2.45, 2.75) is 19.5 Å². The molecule has 1 atom stereocenters. The number of fused-ring (bicyclic) bond motifs is 2. The van der Waals surface area contributed by atoms with Gasteiger partial charge in [0.05, 0.1) is 17.9 Å². The lowest BCUT2D eigenvalue weighted by molar-refractivity contribution is -0.122. The number of nitrogens with zero attached hydrogens (tertiary/aromatic N) is 2. The van der Waals surface area contributed by atoms with Gasteiger partial charge in [-0.05, 0) is 48.4 Å². The Morgan fingerprint density at radius 3 is 2.78 bits per heavy atom. The number of thiophene rings is 1. The minimum absolute atomic E-state index is 0.120. The summed E-state index contributed by atoms with van der Waals surface area (Å²) in [5, 5.41) is 3.56. The van der Waals surface area contributed by atoms with Crippen molar-refractivity contribution in [1.29, 1.82) is 0 Å². The highest BCUT2D eigenvalue weighted by atomic mass is 35.5. The van der Waals surface area contributed by atoms with Gasteiger partial charge in [0.25, 0.3) is 5.56 Å². The molecule has 162 valence electrons. The molecule has 0 radical (unpaired) electrons.